The molecule has 2 saturated carbocycles. The van der Waals surface area contributed by atoms with Crippen molar-refractivity contribution in [3.63, 3.8) is 0 Å². The first kappa shape index (κ1) is 12.4. The van der Waals surface area contributed by atoms with Crippen molar-refractivity contribution in [1.82, 2.24) is 0 Å². The summed E-state index contributed by atoms with van der Waals surface area (Å²) in [5.41, 5.74) is 6.01. The Morgan fingerprint density at radius 2 is 1.88 bits per heavy atom. The van der Waals surface area contributed by atoms with E-state index in [0.29, 0.717) is 12.3 Å². The van der Waals surface area contributed by atoms with Gasteiger partial charge in [0.2, 0.25) is 0 Å². The minimum Gasteiger partial charge on any atom is -0.330 e. The van der Waals surface area contributed by atoms with E-state index in [-0.39, 0.29) is 10.7 Å². The Bertz CT molecular complexity index is 351. The van der Waals surface area contributed by atoms with E-state index in [9.17, 15) is 8.42 Å². The van der Waals surface area contributed by atoms with E-state index < -0.39 is 9.84 Å². The molecule has 2 fully saturated rings. The average molecular weight is 245 g/mol. The largest absolute Gasteiger partial charge is 0.330 e. The van der Waals surface area contributed by atoms with Crippen molar-refractivity contribution in [1.29, 1.82) is 0 Å². The molecule has 0 aromatic rings. The third-order valence-electron chi connectivity index (χ3n) is 4.53. The molecule has 0 amide bonds. The van der Waals surface area contributed by atoms with Crippen molar-refractivity contribution in [2.45, 2.75) is 44.8 Å². The second-order valence-corrected chi connectivity index (χ2v) is 8.71. The Hall–Kier alpha value is -0.0900. The highest BCUT2D eigenvalue weighted by Gasteiger charge is 2.52. The van der Waals surface area contributed by atoms with Crippen molar-refractivity contribution in [2.24, 2.45) is 23.0 Å². The van der Waals surface area contributed by atoms with E-state index in [1.165, 1.54) is 19.3 Å². The van der Waals surface area contributed by atoms with Gasteiger partial charge in [0.25, 0.3) is 0 Å². The third kappa shape index (κ3) is 2.28. The van der Waals surface area contributed by atoms with Crippen LogP contribution in [0.3, 0.4) is 0 Å². The quantitative estimate of drug-likeness (QED) is 0.800. The summed E-state index contributed by atoms with van der Waals surface area (Å²) < 4.78 is 23.6. The molecule has 0 bridgehead atoms. The van der Waals surface area contributed by atoms with Gasteiger partial charge in [-0.05, 0) is 63.3 Å². The molecule has 0 aromatic heterocycles. The molecule has 2 rings (SSSR count). The zero-order chi connectivity index (χ0) is 12.0. The van der Waals surface area contributed by atoms with Gasteiger partial charge in [-0.2, -0.15) is 0 Å². The van der Waals surface area contributed by atoms with Crippen LogP contribution in [-0.4, -0.2) is 26.0 Å². The van der Waals surface area contributed by atoms with Crippen LogP contribution < -0.4 is 5.73 Å². The summed E-state index contributed by atoms with van der Waals surface area (Å²) in [5, 5.41) is -0.252. The normalized spacial score (nSPS) is 37.8. The van der Waals surface area contributed by atoms with Gasteiger partial charge >= 0.3 is 0 Å². The van der Waals surface area contributed by atoms with Crippen molar-refractivity contribution < 1.29 is 8.42 Å². The van der Waals surface area contributed by atoms with Crippen LogP contribution in [0.25, 0.3) is 0 Å². The van der Waals surface area contributed by atoms with Gasteiger partial charge in [-0.3, -0.25) is 0 Å². The van der Waals surface area contributed by atoms with Crippen LogP contribution in [0.1, 0.15) is 39.5 Å². The summed E-state index contributed by atoms with van der Waals surface area (Å²) in [6.45, 7) is 4.18. The third-order valence-corrected chi connectivity index (χ3v) is 6.74. The predicted molar refractivity (Wildman–Crippen MR) is 65.9 cm³/mol. The van der Waals surface area contributed by atoms with E-state index in [1.807, 2.05) is 0 Å². The fourth-order valence-electron chi connectivity index (χ4n) is 3.07. The van der Waals surface area contributed by atoms with E-state index in [1.54, 1.807) is 13.8 Å². The molecular formula is C12H23NO2S. The van der Waals surface area contributed by atoms with E-state index in [0.717, 1.165) is 18.3 Å². The summed E-state index contributed by atoms with van der Waals surface area (Å²) in [5.74, 6) is 2.05. The van der Waals surface area contributed by atoms with Gasteiger partial charge in [-0.25, -0.2) is 8.42 Å². The minimum atomic E-state index is -2.89. The van der Waals surface area contributed by atoms with Crippen molar-refractivity contribution in [2.75, 3.05) is 12.3 Å². The fourth-order valence-corrected chi connectivity index (χ4v) is 4.26. The highest BCUT2D eigenvalue weighted by molar-refractivity contribution is 7.91. The van der Waals surface area contributed by atoms with Crippen molar-refractivity contribution in [3.8, 4) is 0 Å². The minimum absolute atomic E-state index is 0.148. The van der Waals surface area contributed by atoms with E-state index >= 15 is 0 Å². The number of rotatable bonds is 5. The number of fused-ring (bicyclic) bond motifs is 1. The lowest BCUT2D eigenvalue weighted by Gasteiger charge is -2.29. The molecule has 4 heteroatoms. The van der Waals surface area contributed by atoms with Gasteiger partial charge in [-0.1, -0.05) is 0 Å². The fraction of sp³-hybridized carbons (Fsp3) is 1.00. The maximum atomic E-state index is 11.8. The molecular weight excluding hydrogens is 222 g/mol. The summed E-state index contributed by atoms with van der Waals surface area (Å²) in [6, 6.07) is 0. The average Bonchev–Trinajstić information content (AvgIpc) is 2.84. The molecule has 2 unspecified atom stereocenters. The molecule has 16 heavy (non-hydrogen) atoms. The maximum Gasteiger partial charge on any atom is 0.152 e. The number of sulfone groups is 1. The first-order valence-electron chi connectivity index (χ1n) is 6.30. The molecule has 2 aliphatic rings. The Balaban J connectivity index is 1.94. The summed E-state index contributed by atoms with van der Waals surface area (Å²) in [4.78, 5) is 0. The molecule has 0 saturated heterocycles. The Labute approximate surface area is 98.7 Å². The van der Waals surface area contributed by atoms with Gasteiger partial charge in [0, 0.05) is 0 Å². The lowest BCUT2D eigenvalue weighted by molar-refractivity contribution is 0.265. The van der Waals surface area contributed by atoms with Crippen LogP contribution in [0.15, 0.2) is 0 Å². The van der Waals surface area contributed by atoms with Gasteiger partial charge in [0.05, 0.1) is 11.0 Å². The second kappa shape index (κ2) is 3.98. The standard InChI is InChI=1S/C12H23NO2S/c1-9(2)16(14,15)4-3-12(8-13)6-10-5-11(10)7-12/h9-11H,3-8,13H2,1-2H3. The first-order valence-corrected chi connectivity index (χ1v) is 8.02. The predicted octanol–water partition coefficient (Wildman–Crippen LogP) is 1.57. The van der Waals surface area contributed by atoms with Crippen molar-refractivity contribution >= 4 is 9.84 Å². The molecule has 94 valence electrons. The van der Waals surface area contributed by atoms with Gasteiger partial charge in [0.15, 0.2) is 9.84 Å². The van der Waals surface area contributed by atoms with E-state index in [4.69, 9.17) is 5.73 Å². The Morgan fingerprint density at radius 3 is 2.31 bits per heavy atom. The van der Waals surface area contributed by atoms with Crippen LogP contribution in [0.5, 0.6) is 0 Å². The van der Waals surface area contributed by atoms with Gasteiger partial charge < -0.3 is 5.73 Å². The lowest BCUT2D eigenvalue weighted by Crippen LogP contribution is -2.32. The number of hydrogen-bond donors (Lipinski definition) is 1. The first-order chi connectivity index (χ1) is 7.38. The van der Waals surface area contributed by atoms with Crippen molar-refractivity contribution in [3.05, 3.63) is 0 Å². The second-order valence-electron chi connectivity index (χ2n) is 6.03. The molecule has 0 heterocycles. The Morgan fingerprint density at radius 1 is 1.31 bits per heavy atom. The number of nitrogens with two attached hydrogens (primary N) is 1. The highest BCUT2D eigenvalue weighted by Crippen LogP contribution is 2.60. The van der Waals surface area contributed by atoms with Crippen LogP contribution in [0, 0.1) is 17.3 Å². The number of hydrogen-bond acceptors (Lipinski definition) is 3. The summed E-state index contributed by atoms with van der Waals surface area (Å²) >= 11 is 0. The van der Waals surface area contributed by atoms with Gasteiger partial charge in [0.1, 0.15) is 0 Å². The molecule has 2 N–H and O–H groups in total. The summed E-state index contributed by atoms with van der Waals surface area (Å²) in [7, 11) is -2.89. The molecule has 2 aliphatic carbocycles. The molecule has 2 atom stereocenters. The lowest BCUT2D eigenvalue weighted by atomic mass is 9.80. The van der Waals surface area contributed by atoms with Crippen LogP contribution in [0.4, 0.5) is 0 Å². The summed E-state index contributed by atoms with van der Waals surface area (Å²) in [6.07, 6.45) is 4.47. The van der Waals surface area contributed by atoms with E-state index in [2.05, 4.69) is 0 Å². The molecule has 3 nitrogen and oxygen atoms in total. The molecule has 0 aromatic carbocycles. The monoisotopic (exact) mass is 245 g/mol. The van der Waals surface area contributed by atoms with Gasteiger partial charge in [-0.15, -0.1) is 0 Å². The Kier molecular flexibility index (Phi) is 3.08. The molecule has 0 spiro atoms. The topological polar surface area (TPSA) is 60.2 Å². The SMILES string of the molecule is CC(C)S(=O)(=O)CCC1(CN)CC2CC2C1. The molecule has 0 aliphatic heterocycles. The highest BCUT2D eigenvalue weighted by atomic mass is 32.2. The molecule has 0 radical (unpaired) electrons. The van der Waals surface area contributed by atoms with Crippen LogP contribution >= 0.6 is 0 Å². The zero-order valence-corrected chi connectivity index (χ0v) is 11.1. The smallest absolute Gasteiger partial charge is 0.152 e. The van der Waals surface area contributed by atoms with Crippen LogP contribution in [-0.2, 0) is 9.84 Å². The maximum absolute atomic E-state index is 11.8. The zero-order valence-electron chi connectivity index (χ0n) is 10.3. The van der Waals surface area contributed by atoms with Crippen LogP contribution in [0.2, 0.25) is 0 Å².